The van der Waals surface area contributed by atoms with Gasteiger partial charge < -0.3 is 0 Å². The van der Waals surface area contributed by atoms with Crippen molar-refractivity contribution in [2.45, 2.75) is 12.8 Å². The molecule has 1 aliphatic rings. The molecule has 1 aromatic heterocycles. The molecule has 2 radical (unpaired) electrons. The van der Waals surface area contributed by atoms with E-state index in [1.807, 2.05) is 6.20 Å². The van der Waals surface area contributed by atoms with Crippen molar-refractivity contribution in [2.75, 3.05) is 0 Å². The van der Waals surface area contributed by atoms with E-state index in [1.165, 1.54) is 16.3 Å². The summed E-state index contributed by atoms with van der Waals surface area (Å²) in [6.07, 6.45) is 8.56. The first-order valence-electron chi connectivity index (χ1n) is 4.98. The summed E-state index contributed by atoms with van der Waals surface area (Å²) in [4.78, 5) is 4.46. The molecular formula is C13H11NO. The summed E-state index contributed by atoms with van der Waals surface area (Å²) >= 11 is 0. The Kier molecular flexibility index (Phi) is 2.52. The Labute approximate surface area is 88.6 Å². The summed E-state index contributed by atoms with van der Waals surface area (Å²) in [7, 11) is 0. The molecule has 0 saturated heterocycles. The monoisotopic (exact) mass is 197 g/mol. The van der Waals surface area contributed by atoms with Crippen molar-refractivity contribution < 1.29 is 5.48 Å². The first-order valence-corrected chi connectivity index (χ1v) is 4.98. The van der Waals surface area contributed by atoms with Crippen LogP contribution >= 0.6 is 0 Å². The van der Waals surface area contributed by atoms with Gasteiger partial charge in [-0.1, -0.05) is 30.3 Å². The number of aryl methyl sites for hydroxylation is 1. The van der Waals surface area contributed by atoms with Crippen molar-refractivity contribution in [3.8, 4) is 0 Å². The lowest BCUT2D eigenvalue weighted by Crippen LogP contribution is -1.97. The number of pyridine rings is 1. The van der Waals surface area contributed by atoms with Gasteiger partial charge >= 0.3 is 0 Å². The second-order valence-electron chi connectivity index (χ2n) is 3.65. The third-order valence-electron chi connectivity index (χ3n) is 2.77. The summed E-state index contributed by atoms with van der Waals surface area (Å²) in [6, 6.07) is 8.48. The zero-order valence-corrected chi connectivity index (χ0v) is 8.31. The molecule has 0 spiro atoms. The van der Waals surface area contributed by atoms with Crippen molar-refractivity contribution in [1.29, 1.82) is 0 Å². The molecular weight excluding hydrogens is 186 g/mol. The molecule has 2 aromatic rings. The Bertz CT molecular complexity index is 517. The number of benzene rings is 1. The van der Waals surface area contributed by atoms with E-state index in [0.29, 0.717) is 0 Å². The summed E-state index contributed by atoms with van der Waals surface area (Å²) in [6.45, 7) is 0. The molecule has 1 heterocycles. The van der Waals surface area contributed by atoms with E-state index in [4.69, 9.17) is 0 Å². The molecule has 15 heavy (non-hydrogen) atoms. The molecule has 1 aliphatic carbocycles. The molecule has 0 fully saturated rings. The maximum atomic E-state index is 4.46. The predicted molar refractivity (Wildman–Crippen MR) is 59.8 cm³/mol. The van der Waals surface area contributed by atoms with E-state index in [0.717, 1.165) is 18.5 Å². The van der Waals surface area contributed by atoms with Crippen LogP contribution in [0.5, 0.6) is 0 Å². The Hall–Kier alpha value is -1.67. The number of hydrogen-bond donors (Lipinski definition) is 0. The first-order chi connectivity index (χ1) is 6.95. The summed E-state index contributed by atoms with van der Waals surface area (Å²) in [5.74, 6) is 0. The average Bonchev–Trinajstić information content (AvgIpc) is 2.29. The van der Waals surface area contributed by atoms with Crippen LogP contribution in [0.25, 0.3) is 16.8 Å². The van der Waals surface area contributed by atoms with Gasteiger partial charge in [0.2, 0.25) is 0 Å². The van der Waals surface area contributed by atoms with Crippen LogP contribution in [0, 0.1) is 0 Å². The highest BCUT2D eigenvalue weighted by Crippen LogP contribution is 2.25. The maximum absolute atomic E-state index is 4.46. The predicted octanol–water partition coefficient (Wildman–Crippen LogP) is 3.08. The second kappa shape index (κ2) is 3.83. The van der Waals surface area contributed by atoms with E-state index >= 15 is 0 Å². The van der Waals surface area contributed by atoms with E-state index < -0.39 is 0 Å². The Morgan fingerprint density at radius 1 is 1.13 bits per heavy atom. The fraction of sp³-hybridized carbons (Fsp3) is 0.154. The normalized spacial score (nSPS) is 13.3. The minimum absolute atomic E-state index is 0. The highest BCUT2D eigenvalue weighted by atomic mass is 16.0. The van der Waals surface area contributed by atoms with Gasteiger partial charge in [0.05, 0.1) is 5.69 Å². The van der Waals surface area contributed by atoms with Crippen LogP contribution in [0.4, 0.5) is 0 Å². The highest BCUT2D eigenvalue weighted by Gasteiger charge is 2.08. The number of rotatable bonds is 0. The minimum Gasteiger partial charge on any atom is -0.256 e. The largest absolute Gasteiger partial charge is 0.256 e. The molecule has 1 aromatic carbocycles. The molecule has 0 saturated carbocycles. The van der Waals surface area contributed by atoms with Crippen LogP contribution in [-0.2, 0) is 11.9 Å². The quantitative estimate of drug-likeness (QED) is 0.639. The van der Waals surface area contributed by atoms with Crippen molar-refractivity contribution in [3.05, 3.63) is 47.8 Å². The standard InChI is InChI=1S/C13H11N.O/c1-2-6-11-10(5-1)9-14-13-8-4-3-7-12(11)13;/h1-2,4-6,8-9H,3,7H2;. The number of hydrogen-bond acceptors (Lipinski definition) is 1. The minimum atomic E-state index is 0. The smallest absolute Gasteiger partial charge is 0.0664 e. The van der Waals surface area contributed by atoms with E-state index in [-0.39, 0.29) is 5.48 Å². The van der Waals surface area contributed by atoms with Gasteiger partial charge in [-0.3, -0.25) is 4.98 Å². The maximum Gasteiger partial charge on any atom is 0.0664 e. The molecule has 0 aliphatic heterocycles. The van der Waals surface area contributed by atoms with Crippen LogP contribution in [0.15, 0.2) is 36.5 Å². The van der Waals surface area contributed by atoms with Crippen LogP contribution in [0.2, 0.25) is 0 Å². The van der Waals surface area contributed by atoms with Gasteiger partial charge in [-0.25, -0.2) is 0 Å². The van der Waals surface area contributed by atoms with E-state index in [9.17, 15) is 0 Å². The van der Waals surface area contributed by atoms with Crippen molar-refractivity contribution >= 4 is 16.8 Å². The third kappa shape index (κ3) is 1.53. The average molecular weight is 197 g/mol. The second-order valence-corrected chi connectivity index (χ2v) is 3.65. The molecule has 0 N–H and O–H groups in total. The summed E-state index contributed by atoms with van der Waals surface area (Å²) < 4.78 is 0. The lowest BCUT2D eigenvalue weighted by molar-refractivity contribution is 0.686. The van der Waals surface area contributed by atoms with E-state index in [1.54, 1.807) is 0 Å². The van der Waals surface area contributed by atoms with Gasteiger partial charge in [-0.05, 0) is 29.9 Å². The lowest BCUT2D eigenvalue weighted by Gasteiger charge is -2.11. The van der Waals surface area contributed by atoms with Gasteiger partial charge in [0.1, 0.15) is 0 Å². The summed E-state index contributed by atoms with van der Waals surface area (Å²) in [5.41, 5.74) is 2.56. The van der Waals surface area contributed by atoms with Crippen molar-refractivity contribution in [1.82, 2.24) is 4.98 Å². The van der Waals surface area contributed by atoms with Gasteiger partial charge in [-0.15, -0.1) is 0 Å². The summed E-state index contributed by atoms with van der Waals surface area (Å²) in [5, 5.41) is 2.61. The molecule has 0 amide bonds. The van der Waals surface area contributed by atoms with Crippen LogP contribution in [0.3, 0.4) is 0 Å². The SMILES string of the molecule is C1=Cc2ncc3ccccc3c2CC1.[O]. The highest BCUT2D eigenvalue weighted by molar-refractivity contribution is 5.87. The topological polar surface area (TPSA) is 41.4 Å². The first kappa shape index (κ1) is 9.87. The number of fused-ring (bicyclic) bond motifs is 3. The molecule has 2 nitrogen and oxygen atoms in total. The Balaban J connectivity index is 0.000000853. The van der Waals surface area contributed by atoms with Crippen molar-refractivity contribution in [3.63, 3.8) is 0 Å². The van der Waals surface area contributed by atoms with Crippen LogP contribution in [-0.4, -0.2) is 4.98 Å². The van der Waals surface area contributed by atoms with Crippen LogP contribution in [0.1, 0.15) is 17.7 Å². The zero-order chi connectivity index (χ0) is 9.38. The number of aromatic nitrogens is 1. The zero-order valence-electron chi connectivity index (χ0n) is 8.31. The molecule has 74 valence electrons. The number of nitrogens with zero attached hydrogens (tertiary/aromatic N) is 1. The molecule has 3 rings (SSSR count). The fourth-order valence-corrected chi connectivity index (χ4v) is 2.07. The van der Waals surface area contributed by atoms with Gasteiger partial charge in [-0.2, -0.15) is 0 Å². The van der Waals surface area contributed by atoms with Gasteiger partial charge in [0.25, 0.3) is 0 Å². The molecule has 0 bridgehead atoms. The van der Waals surface area contributed by atoms with Crippen molar-refractivity contribution in [2.24, 2.45) is 0 Å². The number of allylic oxidation sites excluding steroid dienone is 1. The fourth-order valence-electron chi connectivity index (χ4n) is 2.07. The lowest BCUT2D eigenvalue weighted by atomic mass is 9.96. The van der Waals surface area contributed by atoms with Gasteiger partial charge in [0, 0.05) is 17.1 Å². The van der Waals surface area contributed by atoms with Gasteiger partial charge in [0.15, 0.2) is 0 Å². The third-order valence-corrected chi connectivity index (χ3v) is 2.77. The molecule has 0 unspecified atom stereocenters. The Morgan fingerprint density at radius 2 is 2.00 bits per heavy atom. The van der Waals surface area contributed by atoms with E-state index in [2.05, 4.69) is 41.4 Å². The molecule has 2 heteroatoms. The molecule has 0 atom stereocenters. The van der Waals surface area contributed by atoms with Crippen LogP contribution < -0.4 is 0 Å². The Morgan fingerprint density at radius 3 is 2.93 bits per heavy atom.